The Bertz CT molecular complexity index is 446. The van der Waals surface area contributed by atoms with Gasteiger partial charge in [0.05, 0.1) is 6.42 Å². The van der Waals surface area contributed by atoms with Crippen LogP contribution in [-0.4, -0.2) is 50.9 Å². The van der Waals surface area contributed by atoms with Gasteiger partial charge in [-0.05, 0) is 0 Å². The van der Waals surface area contributed by atoms with E-state index in [1.165, 1.54) is 6.33 Å². The molecule has 0 unspecified atom stereocenters. The van der Waals surface area contributed by atoms with E-state index < -0.39 is 30.4 Å². The first-order valence-electron chi connectivity index (χ1n) is 5.23. The second-order valence-corrected chi connectivity index (χ2v) is 3.47. The molecular formula is C9H12N4O6. The zero-order valence-corrected chi connectivity index (χ0v) is 9.70. The van der Waals surface area contributed by atoms with Crippen LogP contribution < -0.4 is 10.6 Å². The summed E-state index contributed by atoms with van der Waals surface area (Å²) in [6.07, 6.45) is 0.791. The van der Waals surface area contributed by atoms with E-state index in [2.05, 4.69) is 20.0 Å². The van der Waals surface area contributed by atoms with Gasteiger partial charge in [0.2, 0.25) is 5.89 Å². The molecule has 0 spiro atoms. The number of carboxylic acid groups (broad SMARTS) is 2. The zero-order chi connectivity index (χ0) is 14.3. The van der Waals surface area contributed by atoms with Crippen LogP contribution in [0.3, 0.4) is 0 Å². The Balaban J connectivity index is 2.32. The summed E-state index contributed by atoms with van der Waals surface area (Å²) >= 11 is 0. The van der Waals surface area contributed by atoms with Gasteiger partial charge in [-0.2, -0.15) is 4.98 Å². The van der Waals surface area contributed by atoms with Crippen LogP contribution in [0, 0.1) is 0 Å². The maximum atomic E-state index is 11.3. The predicted molar refractivity (Wildman–Crippen MR) is 58.2 cm³/mol. The van der Waals surface area contributed by atoms with Crippen LogP contribution in [0.15, 0.2) is 10.9 Å². The van der Waals surface area contributed by atoms with Crippen LogP contribution in [0.1, 0.15) is 12.3 Å². The Morgan fingerprint density at radius 3 is 2.63 bits per heavy atom. The third-order valence-corrected chi connectivity index (χ3v) is 2.01. The Kier molecular flexibility index (Phi) is 5.26. The number of aliphatic carboxylic acids is 2. The fourth-order valence-corrected chi connectivity index (χ4v) is 1.17. The summed E-state index contributed by atoms with van der Waals surface area (Å²) < 4.78 is 4.68. The molecule has 0 aliphatic carbocycles. The van der Waals surface area contributed by atoms with E-state index in [1.54, 1.807) is 0 Å². The molecule has 1 atom stereocenters. The minimum atomic E-state index is -1.49. The SMILES string of the molecule is O=C(O)C[C@@H](NC(=O)NCCc1ncno1)C(=O)O. The predicted octanol–water partition coefficient (Wildman–Crippen LogP) is -1.16. The summed E-state index contributed by atoms with van der Waals surface area (Å²) in [4.78, 5) is 36.1. The fraction of sp³-hybridized carbons (Fsp3) is 0.444. The smallest absolute Gasteiger partial charge is 0.326 e. The van der Waals surface area contributed by atoms with E-state index in [0.29, 0.717) is 5.89 Å². The van der Waals surface area contributed by atoms with Crippen molar-refractivity contribution in [1.29, 1.82) is 0 Å². The Hall–Kier alpha value is -2.65. The molecule has 0 aromatic carbocycles. The molecule has 1 aromatic rings. The van der Waals surface area contributed by atoms with E-state index in [1.807, 2.05) is 5.32 Å². The molecule has 0 aliphatic heterocycles. The van der Waals surface area contributed by atoms with Crippen molar-refractivity contribution in [2.24, 2.45) is 0 Å². The van der Waals surface area contributed by atoms with Gasteiger partial charge in [0, 0.05) is 13.0 Å². The number of hydrogen-bond acceptors (Lipinski definition) is 6. The lowest BCUT2D eigenvalue weighted by Gasteiger charge is -2.12. The number of hydrogen-bond donors (Lipinski definition) is 4. The minimum Gasteiger partial charge on any atom is -0.481 e. The maximum Gasteiger partial charge on any atom is 0.326 e. The second-order valence-electron chi connectivity index (χ2n) is 3.47. The van der Waals surface area contributed by atoms with E-state index in [0.717, 1.165) is 0 Å². The summed E-state index contributed by atoms with van der Waals surface area (Å²) in [5.74, 6) is -2.42. The Labute approximate surface area is 106 Å². The van der Waals surface area contributed by atoms with Crippen molar-refractivity contribution in [3.8, 4) is 0 Å². The van der Waals surface area contributed by atoms with E-state index in [-0.39, 0.29) is 13.0 Å². The van der Waals surface area contributed by atoms with Gasteiger partial charge in [0.25, 0.3) is 0 Å². The summed E-state index contributed by atoms with van der Waals surface area (Å²) in [5, 5.41) is 24.9. The van der Waals surface area contributed by atoms with Crippen LogP contribution in [-0.2, 0) is 16.0 Å². The second kappa shape index (κ2) is 6.93. The van der Waals surface area contributed by atoms with E-state index in [9.17, 15) is 14.4 Å². The first-order valence-corrected chi connectivity index (χ1v) is 5.23. The molecule has 0 saturated carbocycles. The monoisotopic (exact) mass is 272 g/mol. The maximum absolute atomic E-state index is 11.3. The number of urea groups is 1. The first-order chi connectivity index (χ1) is 8.99. The van der Waals surface area contributed by atoms with Gasteiger partial charge in [-0.3, -0.25) is 4.79 Å². The first kappa shape index (κ1) is 14.4. The molecule has 4 N–H and O–H groups in total. The number of carbonyl (C=O) groups excluding carboxylic acids is 1. The van der Waals surface area contributed by atoms with Crippen LogP contribution in [0.4, 0.5) is 4.79 Å². The van der Waals surface area contributed by atoms with Crippen molar-refractivity contribution in [2.45, 2.75) is 18.9 Å². The molecule has 0 aliphatic rings. The molecule has 1 heterocycles. The summed E-state index contributed by atoms with van der Waals surface area (Å²) in [6, 6.07) is -2.27. The van der Waals surface area contributed by atoms with Crippen LogP contribution >= 0.6 is 0 Å². The molecule has 19 heavy (non-hydrogen) atoms. The van der Waals surface area contributed by atoms with Crippen molar-refractivity contribution >= 4 is 18.0 Å². The molecule has 10 nitrogen and oxygen atoms in total. The third kappa shape index (κ3) is 5.48. The highest BCUT2D eigenvalue weighted by Gasteiger charge is 2.22. The van der Waals surface area contributed by atoms with Crippen molar-refractivity contribution in [2.75, 3.05) is 6.54 Å². The topological polar surface area (TPSA) is 155 Å². The van der Waals surface area contributed by atoms with Crippen molar-refractivity contribution in [3.63, 3.8) is 0 Å². The van der Waals surface area contributed by atoms with Crippen LogP contribution in [0.2, 0.25) is 0 Å². The van der Waals surface area contributed by atoms with Gasteiger partial charge < -0.3 is 25.4 Å². The average Bonchev–Trinajstić information content (AvgIpc) is 2.80. The van der Waals surface area contributed by atoms with Crippen LogP contribution in [0.25, 0.3) is 0 Å². The zero-order valence-electron chi connectivity index (χ0n) is 9.70. The van der Waals surface area contributed by atoms with Gasteiger partial charge >= 0.3 is 18.0 Å². The number of nitrogens with one attached hydrogen (secondary N) is 2. The van der Waals surface area contributed by atoms with Crippen molar-refractivity contribution in [1.82, 2.24) is 20.8 Å². The number of carboxylic acids is 2. The Morgan fingerprint density at radius 1 is 1.37 bits per heavy atom. The van der Waals surface area contributed by atoms with Gasteiger partial charge in [0.1, 0.15) is 6.04 Å². The molecule has 0 radical (unpaired) electrons. The van der Waals surface area contributed by atoms with Gasteiger partial charge in [-0.1, -0.05) is 5.16 Å². The highest BCUT2D eigenvalue weighted by Crippen LogP contribution is 1.93. The van der Waals surface area contributed by atoms with Crippen molar-refractivity contribution in [3.05, 3.63) is 12.2 Å². The number of rotatable bonds is 7. The molecule has 104 valence electrons. The lowest BCUT2D eigenvalue weighted by Crippen LogP contribution is -2.47. The third-order valence-electron chi connectivity index (χ3n) is 2.01. The van der Waals surface area contributed by atoms with E-state index in [4.69, 9.17) is 10.2 Å². The molecule has 0 saturated heterocycles. The summed E-state index contributed by atoms with van der Waals surface area (Å²) in [6.45, 7) is 0.146. The number of aromatic nitrogens is 2. The standard InChI is InChI=1S/C9H12N4O6/c14-7(15)3-5(8(16)17)13-9(18)10-2-1-6-11-4-12-19-6/h4-5H,1-3H2,(H,14,15)(H,16,17)(H2,10,13,18)/t5-/m1/s1. The number of amides is 2. The molecule has 0 bridgehead atoms. The highest BCUT2D eigenvalue weighted by atomic mass is 16.5. The summed E-state index contributed by atoms with van der Waals surface area (Å²) in [7, 11) is 0. The van der Waals surface area contributed by atoms with Gasteiger partial charge in [-0.25, -0.2) is 9.59 Å². The quantitative estimate of drug-likeness (QED) is 0.484. The van der Waals surface area contributed by atoms with Crippen LogP contribution in [0.5, 0.6) is 0 Å². The average molecular weight is 272 g/mol. The van der Waals surface area contributed by atoms with Gasteiger partial charge in [-0.15, -0.1) is 0 Å². The fourth-order valence-electron chi connectivity index (χ4n) is 1.17. The number of carbonyl (C=O) groups is 3. The highest BCUT2D eigenvalue weighted by molar-refractivity contribution is 5.86. The minimum absolute atomic E-state index is 0.146. The lowest BCUT2D eigenvalue weighted by atomic mass is 10.2. The molecule has 1 aromatic heterocycles. The molecular weight excluding hydrogens is 260 g/mol. The van der Waals surface area contributed by atoms with Crippen molar-refractivity contribution < 1.29 is 29.1 Å². The largest absolute Gasteiger partial charge is 0.481 e. The normalized spacial score (nSPS) is 11.6. The molecule has 0 fully saturated rings. The van der Waals surface area contributed by atoms with E-state index >= 15 is 0 Å². The summed E-state index contributed by atoms with van der Waals surface area (Å²) in [5.41, 5.74) is 0. The molecule has 2 amide bonds. The number of nitrogens with zero attached hydrogens (tertiary/aromatic N) is 2. The van der Waals surface area contributed by atoms with Gasteiger partial charge in [0.15, 0.2) is 6.33 Å². The lowest BCUT2D eigenvalue weighted by molar-refractivity contribution is -0.145. The Morgan fingerprint density at radius 2 is 2.11 bits per heavy atom. The molecule has 1 rings (SSSR count). The molecule has 10 heteroatoms.